The van der Waals surface area contributed by atoms with Crippen molar-refractivity contribution < 1.29 is 18.1 Å². The molecule has 2 rings (SSSR count). The van der Waals surface area contributed by atoms with Crippen molar-refractivity contribution in [3.05, 3.63) is 62.6 Å². The fourth-order valence-electron chi connectivity index (χ4n) is 1.74. The molecule has 0 atom stereocenters. The Balaban J connectivity index is 2.58. The molecule has 3 nitrogen and oxygen atoms in total. The van der Waals surface area contributed by atoms with E-state index in [1.807, 2.05) is 0 Å². The molecule has 0 radical (unpaired) electrons. The highest BCUT2D eigenvalue weighted by atomic mass is 79.9. The summed E-state index contributed by atoms with van der Waals surface area (Å²) in [5.41, 5.74) is -1.37. The Bertz CT molecular complexity index is 654. The first-order valence-electron chi connectivity index (χ1n) is 5.40. The Morgan fingerprint density at radius 1 is 1.00 bits per heavy atom. The lowest BCUT2D eigenvalue weighted by molar-refractivity contribution is -0.388. The molecule has 7 heteroatoms. The fraction of sp³-hybridized carbons (Fsp3) is 0.0769. The highest BCUT2D eigenvalue weighted by Gasteiger charge is 2.38. The molecule has 0 unspecified atom stereocenters. The van der Waals surface area contributed by atoms with Crippen molar-refractivity contribution in [2.24, 2.45) is 0 Å². The van der Waals surface area contributed by atoms with Crippen LogP contribution in [0.5, 0.6) is 0 Å². The van der Waals surface area contributed by atoms with Crippen molar-refractivity contribution >= 4 is 21.6 Å². The lowest BCUT2D eigenvalue weighted by Gasteiger charge is -2.10. The lowest BCUT2D eigenvalue weighted by atomic mass is 10.0. The van der Waals surface area contributed by atoms with Crippen LogP contribution in [0, 0.1) is 10.1 Å². The van der Waals surface area contributed by atoms with E-state index in [-0.39, 0.29) is 5.56 Å². The van der Waals surface area contributed by atoms with Gasteiger partial charge in [0.1, 0.15) is 5.56 Å². The van der Waals surface area contributed by atoms with Crippen LogP contribution in [0.15, 0.2) is 46.9 Å². The zero-order valence-electron chi connectivity index (χ0n) is 9.82. The molecule has 0 saturated carbocycles. The third-order valence-electron chi connectivity index (χ3n) is 2.68. The minimum absolute atomic E-state index is 0.274. The van der Waals surface area contributed by atoms with Gasteiger partial charge in [-0.2, -0.15) is 13.2 Å². The van der Waals surface area contributed by atoms with E-state index in [1.54, 1.807) is 24.3 Å². The molecule has 0 fully saturated rings. The van der Waals surface area contributed by atoms with E-state index in [9.17, 15) is 23.3 Å². The quantitative estimate of drug-likeness (QED) is 0.565. The minimum Gasteiger partial charge on any atom is -0.258 e. The van der Waals surface area contributed by atoms with Gasteiger partial charge in [-0.3, -0.25) is 10.1 Å². The maximum Gasteiger partial charge on any atom is 0.423 e. The molecule has 0 aromatic heterocycles. The van der Waals surface area contributed by atoms with Crippen molar-refractivity contribution in [3.8, 4) is 11.1 Å². The fourth-order valence-corrected chi connectivity index (χ4v) is 2.01. The maximum absolute atomic E-state index is 12.9. The van der Waals surface area contributed by atoms with Crippen molar-refractivity contribution in [2.75, 3.05) is 0 Å². The van der Waals surface area contributed by atoms with E-state index in [4.69, 9.17) is 0 Å². The summed E-state index contributed by atoms with van der Waals surface area (Å²) in [6.45, 7) is 0. The molecule has 104 valence electrons. The van der Waals surface area contributed by atoms with E-state index in [0.29, 0.717) is 5.56 Å². The minimum atomic E-state index is -4.77. The molecule has 0 spiro atoms. The SMILES string of the molecule is O=[N+]([O-])c1ccc(-c2ccc(Br)cc2)cc1C(F)(F)F. The second-order valence-corrected chi connectivity index (χ2v) is 4.91. The summed E-state index contributed by atoms with van der Waals surface area (Å²) in [7, 11) is 0. The molecular formula is C13H7BrF3NO2. The summed E-state index contributed by atoms with van der Waals surface area (Å²) >= 11 is 3.23. The smallest absolute Gasteiger partial charge is 0.258 e. The summed E-state index contributed by atoms with van der Waals surface area (Å²) in [6.07, 6.45) is -4.77. The first-order valence-corrected chi connectivity index (χ1v) is 6.20. The number of benzene rings is 2. The zero-order chi connectivity index (χ0) is 14.9. The number of alkyl halides is 3. The number of nitro benzene ring substituents is 1. The molecule has 2 aromatic rings. The van der Waals surface area contributed by atoms with Crippen molar-refractivity contribution in [3.63, 3.8) is 0 Å². The maximum atomic E-state index is 12.9. The average Bonchev–Trinajstić information content (AvgIpc) is 2.38. The molecule has 2 aromatic carbocycles. The van der Waals surface area contributed by atoms with Crippen LogP contribution in [-0.2, 0) is 6.18 Å². The normalized spacial score (nSPS) is 11.4. The number of hydrogen-bond acceptors (Lipinski definition) is 2. The average molecular weight is 346 g/mol. The standard InChI is InChI=1S/C13H7BrF3NO2/c14-10-4-1-8(2-5-10)9-3-6-12(18(19)20)11(7-9)13(15,16)17/h1-7H. The van der Waals surface area contributed by atoms with Crippen LogP contribution in [-0.4, -0.2) is 4.92 Å². The van der Waals surface area contributed by atoms with Gasteiger partial charge in [-0.05, 0) is 35.4 Å². The van der Waals surface area contributed by atoms with E-state index in [2.05, 4.69) is 15.9 Å². The van der Waals surface area contributed by atoms with Gasteiger partial charge in [0.15, 0.2) is 0 Å². The van der Waals surface area contributed by atoms with Gasteiger partial charge < -0.3 is 0 Å². The van der Waals surface area contributed by atoms with Crippen LogP contribution in [0.1, 0.15) is 5.56 Å². The van der Waals surface area contributed by atoms with Crippen LogP contribution in [0.3, 0.4) is 0 Å². The molecule has 20 heavy (non-hydrogen) atoms. The Labute approximate surface area is 120 Å². The number of nitro groups is 1. The zero-order valence-corrected chi connectivity index (χ0v) is 11.4. The second kappa shape index (κ2) is 5.24. The molecule has 0 amide bonds. The number of rotatable bonds is 2. The predicted molar refractivity (Wildman–Crippen MR) is 71.2 cm³/mol. The summed E-state index contributed by atoms with van der Waals surface area (Å²) in [6, 6.07) is 9.60. The van der Waals surface area contributed by atoms with Gasteiger partial charge in [0, 0.05) is 10.5 Å². The van der Waals surface area contributed by atoms with E-state index in [1.165, 1.54) is 6.07 Å². The van der Waals surface area contributed by atoms with E-state index in [0.717, 1.165) is 16.6 Å². The van der Waals surface area contributed by atoms with Gasteiger partial charge in [-0.15, -0.1) is 0 Å². The first kappa shape index (κ1) is 14.5. The summed E-state index contributed by atoms with van der Waals surface area (Å²) in [4.78, 5) is 9.63. The van der Waals surface area contributed by atoms with Crippen LogP contribution in [0.4, 0.5) is 18.9 Å². The largest absolute Gasteiger partial charge is 0.423 e. The highest BCUT2D eigenvalue weighted by molar-refractivity contribution is 9.10. The van der Waals surface area contributed by atoms with Crippen LogP contribution < -0.4 is 0 Å². The van der Waals surface area contributed by atoms with E-state index >= 15 is 0 Å². The second-order valence-electron chi connectivity index (χ2n) is 3.99. The number of hydrogen-bond donors (Lipinski definition) is 0. The van der Waals surface area contributed by atoms with Gasteiger partial charge in [0.05, 0.1) is 4.92 Å². The topological polar surface area (TPSA) is 43.1 Å². The Morgan fingerprint density at radius 2 is 1.55 bits per heavy atom. The van der Waals surface area contributed by atoms with Gasteiger partial charge in [-0.1, -0.05) is 28.1 Å². The molecule has 0 bridgehead atoms. The molecule has 0 heterocycles. The number of nitrogens with zero attached hydrogens (tertiary/aromatic N) is 1. The van der Waals surface area contributed by atoms with Crippen molar-refractivity contribution in [1.29, 1.82) is 0 Å². The predicted octanol–water partition coefficient (Wildman–Crippen LogP) is 5.04. The monoisotopic (exact) mass is 345 g/mol. The van der Waals surface area contributed by atoms with Gasteiger partial charge in [-0.25, -0.2) is 0 Å². The molecule has 0 aliphatic heterocycles. The van der Waals surface area contributed by atoms with Crippen LogP contribution in [0.2, 0.25) is 0 Å². The molecule has 0 N–H and O–H groups in total. The molecular weight excluding hydrogens is 339 g/mol. The van der Waals surface area contributed by atoms with Crippen molar-refractivity contribution in [1.82, 2.24) is 0 Å². The first-order chi connectivity index (χ1) is 9.29. The molecule has 0 saturated heterocycles. The summed E-state index contributed by atoms with van der Waals surface area (Å²) in [5, 5.41) is 10.7. The van der Waals surface area contributed by atoms with Crippen LogP contribution >= 0.6 is 15.9 Å². The Morgan fingerprint density at radius 3 is 2.05 bits per heavy atom. The third kappa shape index (κ3) is 2.98. The van der Waals surface area contributed by atoms with E-state index < -0.39 is 22.4 Å². The highest BCUT2D eigenvalue weighted by Crippen LogP contribution is 2.38. The van der Waals surface area contributed by atoms with Crippen LogP contribution in [0.25, 0.3) is 11.1 Å². The number of halogens is 4. The Hall–Kier alpha value is -1.89. The van der Waals surface area contributed by atoms with Gasteiger partial charge in [0.2, 0.25) is 0 Å². The summed E-state index contributed by atoms with van der Waals surface area (Å²) < 4.78 is 39.4. The summed E-state index contributed by atoms with van der Waals surface area (Å²) in [5.74, 6) is 0. The van der Waals surface area contributed by atoms with Gasteiger partial charge >= 0.3 is 6.18 Å². The lowest BCUT2D eigenvalue weighted by Crippen LogP contribution is -2.09. The third-order valence-corrected chi connectivity index (χ3v) is 3.20. The molecule has 0 aliphatic carbocycles. The Kier molecular flexibility index (Phi) is 3.80. The molecule has 0 aliphatic rings. The van der Waals surface area contributed by atoms with Gasteiger partial charge in [0.25, 0.3) is 5.69 Å². The van der Waals surface area contributed by atoms with Crippen molar-refractivity contribution in [2.45, 2.75) is 6.18 Å².